The summed E-state index contributed by atoms with van der Waals surface area (Å²) in [6, 6.07) is 0.500. The van der Waals surface area contributed by atoms with E-state index in [9.17, 15) is 0 Å². The molecule has 1 fully saturated rings. The van der Waals surface area contributed by atoms with Gasteiger partial charge in [0.2, 0.25) is 0 Å². The highest BCUT2D eigenvalue weighted by Crippen LogP contribution is 2.33. The van der Waals surface area contributed by atoms with Crippen molar-refractivity contribution in [1.29, 1.82) is 0 Å². The summed E-state index contributed by atoms with van der Waals surface area (Å²) in [7, 11) is 1.83. The molecule has 1 atom stereocenters. The third-order valence-corrected chi connectivity index (χ3v) is 3.00. The van der Waals surface area contributed by atoms with Crippen molar-refractivity contribution in [3.63, 3.8) is 0 Å². The molecule has 15 heavy (non-hydrogen) atoms. The van der Waals surface area contributed by atoms with E-state index in [4.69, 9.17) is 0 Å². The molecule has 0 amide bonds. The Bertz CT molecular complexity index is 197. The number of aliphatic imine (C=N–C) groups is 1. The zero-order valence-corrected chi connectivity index (χ0v) is 10.3. The van der Waals surface area contributed by atoms with Crippen molar-refractivity contribution in [3.05, 3.63) is 0 Å². The third kappa shape index (κ3) is 5.65. The second-order valence-electron chi connectivity index (χ2n) is 4.54. The van der Waals surface area contributed by atoms with Gasteiger partial charge in [-0.05, 0) is 32.1 Å². The van der Waals surface area contributed by atoms with Crippen LogP contribution in [0.4, 0.5) is 0 Å². The maximum Gasteiger partial charge on any atom is 0.191 e. The Hall–Kier alpha value is -0.730. The number of rotatable bonds is 6. The van der Waals surface area contributed by atoms with Gasteiger partial charge < -0.3 is 10.6 Å². The lowest BCUT2D eigenvalue weighted by Gasteiger charge is -2.16. The van der Waals surface area contributed by atoms with Crippen LogP contribution in [0.5, 0.6) is 0 Å². The van der Waals surface area contributed by atoms with Crippen molar-refractivity contribution in [2.75, 3.05) is 13.6 Å². The summed E-state index contributed by atoms with van der Waals surface area (Å²) >= 11 is 0. The van der Waals surface area contributed by atoms with Crippen LogP contribution in [-0.2, 0) is 0 Å². The minimum atomic E-state index is 0.500. The number of guanidine groups is 1. The fraction of sp³-hybridized carbons (Fsp3) is 0.917. The minimum Gasteiger partial charge on any atom is -0.356 e. The van der Waals surface area contributed by atoms with Crippen molar-refractivity contribution in [3.8, 4) is 0 Å². The molecule has 2 N–H and O–H groups in total. The van der Waals surface area contributed by atoms with Crippen LogP contribution >= 0.6 is 0 Å². The van der Waals surface area contributed by atoms with E-state index in [2.05, 4.69) is 29.5 Å². The first-order chi connectivity index (χ1) is 7.26. The summed E-state index contributed by atoms with van der Waals surface area (Å²) in [5.74, 6) is 1.98. The van der Waals surface area contributed by atoms with Crippen molar-refractivity contribution >= 4 is 5.96 Å². The van der Waals surface area contributed by atoms with Crippen LogP contribution in [0.2, 0.25) is 0 Å². The average molecular weight is 211 g/mol. The van der Waals surface area contributed by atoms with Gasteiger partial charge in [0.25, 0.3) is 0 Å². The van der Waals surface area contributed by atoms with E-state index in [1.165, 1.54) is 25.7 Å². The van der Waals surface area contributed by atoms with Gasteiger partial charge in [-0.25, -0.2) is 0 Å². The van der Waals surface area contributed by atoms with E-state index in [0.717, 1.165) is 24.8 Å². The largest absolute Gasteiger partial charge is 0.356 e. The fourth-order valence-corrected chi connectivity index (χ4v) is 1.53. The van der Waals surface area contributed by atoms with E-state index >= 15 is 0 Å². The third-order valence-electron chi connectivity index (χ3n) is 3.00. The van der Waals surface area contributed by atoms with Gasteiger partial charge in [-0.2, -0.15) is 0 Å². The lowest BCUT2D eigenvalue weighted by molar-refractivity contribution is 0.607. The molecule has 1 rings (SSSR count). The van der Waals surface area contributed by atoms with Crippen molar-refractivity contribution in [2.45, 2.75) is 52.0 Å². The molecular formula is C12H25N3. The van der Waals surface area contributed by atoms with Gasteiger partial charge in [-0.15, -0.1) is 0 Å². The number of hydrogen-bond acceptors (Lipinski definition) is 1. The molecule has 0 bridgehead atoms. The number of hydrogen-bond donors (Lipinski definition) is 2. The zero-order chi connectivity index (χ0) is 11.1. The minimum absolute atomic E-state index is 0.500. The molecule has 0 heterocycles. The smallest absolute Gasteiger partial charge is 0.191 e. The molecule has 0 aromatic heterocycles. The summed E-state index contributed by atoms with van der Waals surface area (Å²) in [6.45, 7) is 5.40. The Morgan fingerprint density at radius 3 is 2.73 bits per heavy atom. The predicted octanol–water partition coefficient (Wildman–Crippen LogP) is 2.14. The van der Waals surface area contributed by atoms with Crippen molar-refractivity contribution < 1.29 is 0 Å². The highest BCUT2D eigenvalue weighted by atomic mass is 15.2. The lowest BCUT2D eigenvalue weighted by atomic mass is 10.2. The van der Waals surface area contributed by atoms with Gasteiger partial charge in [0, 0.05) is 19.6 Å². The Morgan fingerprint density at radius 2 is 2.20 bits per heavy atom. The molecular weight excluding hydrogens is 186 g/mol. The first-order valence-electron chi connectivity index (χ1n) is 6.23. The van der Waals surface area contributed by atoms with E-state index < -0.39 is 0 Å². The maximum absolute atomic E-state index is 4.20. The van der Waals surface area contributed by atoms with Gasteiger partial charge in [0.05, 0.1) is 0 Å². The molecule has 88 valence electrons. The molecule has 0 aromatic rings. The van der Waals surface area contributed by atoms with Crippen LogP contribution in [0.15, 0.2) is 4.99 Å². The summed E-state index contributed by atoms with van der Waals surface area (Å²) in [5, 5.41) is 6.72. The zero-order valence-electron chi connectivity index (χ0n) is 10.3. The van der Waals surface area contributed by atoms with Crippen molar-refractivity contribution in [1.82, 2.24) is 10.6 Å². The molecule has 3 heteroatoms. The Balaban J connectivity index is 2.04. The monoisotopic (exact) mass is 211 g/mol. The van der Waals surface area contributed by atoms with Crippen LogP contribution < -0.4 is 10.6 Å². The summed E-state index contributed by atoms with van der Waals surface area (Å²) in [6.07, 6.45) is 6.70. The number of nitrogens with one attached hydrogen (secondary N) is 2. The van der Waals surface area contributed by atoms with Crippen LogP contribution in [0, 0.1) is 5.92 Å². The molecule has 0 aromatic carbocycles. The number of nitrogens with zero attached hydrogens (tertiary/aromatic N) is 1. The molecule has 1 aliphatic carbocycles. The Labute approximate surface area is 93.7 Å². The van der Waals surface area contributed by atoms with E-state index in [0.29, 0.717) is 6.04 Å². The van der Waals surface area contributed by atoms with Gasteiger partial charge in [-0.1, -0.05) is 19.8 Å². The summed E-state index contributed by atoms with van der Waals surface area (Å²) in [5.41, 5.74) is 0. The highest BCUT2D eigenvalue weighted by molar-refractivity contribution is 5.79. The van der Waals surface area contributed by atoms with Crippen LogP contribution in [-0.4, -0.2) is 25.6 Å². The van der Waals surface area contributed by atoms with E-state index in [-0.39, 0.29) is 0 Å². The molecule has 1 aliphatic rings. The molecule has 3 nitrogen and oxygen atoms in total. The van der Waals surface area contributed by atoms with Gasteiger partial charge in [0.1, 0.15) is 0 Å². The second-order valence-corrected chi connectivity index (χ2v) is 4.54. The molecule has 0 spiro atoms. The molecule has 1 saturated carbocycles. The summed E-state index contributed by atoms with van der Waals surface area (Å²) in [4.78, 5) is 4.20. The average Bonchev–Trinajstić information content (AvgIpc) is 3.06. The van der Waals surface area contributed by atoms with Crippen LogP contribution in [0.3, 0.4) is 0 Å². The predicted molar refractivity (Wildman–Crippen MR) is 66.2 cm³/mol. The Morgan fingerprint density at radius 1 is 1.47 bits per heavy atom. The first-order valence-corrected chi connectivity index (χ1v) is 6.23. The lowest BCUT2D eigenvalue weighted by Crippen LogP contribution is -2.42. The first kappa shape index (κ1) is 12.3. The van der Waals surface area contributed by atoms with Crippen LogP contribution in [0.25, 0.3) is 0 Å². The quantitative estimate of drug-likeness (QED) is 0.401. The Kier molecular flexibility index (Phi) is 5.51. The highest BCUT2D eigenvalue weighted by Gasteiger charge is 2.19. The molecule has 1 unspecified atom stereocenters. The summed E-state index contributed by atoms with van der Waals surface area (Å²) < 4.78 is 0. The second kappa shape index (κ2) is 6.70. The normalized spacial score (nSPS) is 18.7. The SMILES string of the molecule is CCC(C)NC(=NC)NCCCC1CC1. The van der Waals surface area contributed by atoms with Crippen molar-refractivity contribution in [2.24, 2.45) is 10.9 Å². The topological polar surface area (TPSA) is 36.4 Å². The molecule has 0 radical (unpaired) electrons. The van der Waals surface area contributed by atoms with Gasteiger partial charge >= 0.3 is 0 Å². The fourth-order valence-electron chi connectivity index (χ4n) is 1.53. The van der Waals surface area contributed by atoms with Gasteiger partial charge in [0.15, 0.2) is 5.96 Å². The maximum atomic E-state index is 4.20. The standard InChI is InChI=1S/C12H25N3/c1-4-10(2)15-12(13-3)14-9-5-6-11-7-8-11/h10-11H,4-9H2,1-3H3,(H2,13,14,15). The molecule has 0 saturated heterocycles. The van der Waals surface area contributed by atoms with Crippen LogP contribution in [0.1, 0.15) is 46.0 Å². The van der Waals surface area contributed by atoms with E-state index in [1.54, 1.807) is 0 Å². The molecule has 0 aliphatic heterocycles. The van der Waals surface area contributed by atoms with E-state index in [1.807, 2.05) is 7.05 Å². The van der Waals surface area contributed by atoms with Gasteiger partial charge in [-0.3, -0.25) is 4.99 Å².